The van der Waals surface area contributed by atoms with Crippen LogP contribution in [0.15, 0.2) is 0 Å². The van der Waals surface area contributed by atoms with Gasteiger partial charge >= 0.3 is 5.97 Å². The third-order valence-corrected chi connectivity index (χ3v) is 2.43. The highest BCUT2D eigenvalue weighted by Crippen LogP contribution is 2.20. The molecule has 15 heavy (non-hydrogen) atoms. The minimum atomic E-state index is -0.501. The summed E-state index contributed by atoms with van der Waals surface area (Å²) in [5.41, 5.74) is -0.501. The van der Waals surface area contributed by atoms with Crippen molar-refractivity contribution in [1.29, 1.82) is 0 Å². The van der Waals surface area contributed by atoms with Crippen molar-refractivity contribution in [1.82, 2.24) is 0 Å². The number of ether oxygens (including phenoxy) is 1. The van der Waals surface area contributed by atoms with E-state index >= 15 is 0 Å². The number of hydrogen-bond donors (Lipinski definition) is 1. The zero-order valence-corrected chi connectivity index (χ0v) is 10.5. The molecular formula is C12H24O3. The summed E-state index contributed by atoms with van der Waals surface area (Å²) in [7, 11) is 0. The van der Waals surface area contributed by atoms with Gasteiger partial charge in [-0.3, -0.25) is 4.79 Å². The van der Waals surface area contributed by atoms with Crippen LogP contribution < -0.4 is 0 Å². The minimum Gasteiger partial charge on any atom is -0.459 e. The molecule has 3 nitrogen and oxygen atoms in total. The van der Waals surface area contributed by atoms with Crippen LogP contribution in [0.3, 0.4) is 0 Å². The maximum Gasteiger partial charge on any atom is 0.311 e. The fraction of sp³-hybridized carbons (Fsp3) is 0.917. The molecule has 0 aromatic heterocycles. The highest BCUT2D eigenvalue weighted by atomic mass is 16.6. The molecule has 0 aromatic rings. The predicted octanol–water partition coefficient (Wildman–Crippen LogP) is 2.37. The second kappa shape index (κ2) is 6.11. The second-order valence-corrected chi connectivity index (χ2v) is 5.14. The van der Waals surface area contributed by atoms with Crippen molar-refractivity contribution >= 4 is 5.97 Å². The molecule has 0 radical (unpaired) electrons. The molecule has 0 rings (SSSR count). The van der Waals surface area contributed by atoms with Gasteiger partial charge in [0.05, 0.1) is 12.0 Å². The normalized spacial score (nSPS) is 15.9. The molecule has 0 aliphatic heterocycles. The van der Waals surface area contributed by atoms with Gasteiger partial charge in [0.2, 0.25) is 0 Å². The van der Waals surface area contributed by atoms with Gasteiger partial charge in [-0.25, -0.2) is 0 Å². The van der Waals surface area contributed by atoms with Crippen LogP contribution in [-0.4, -0.2) is 23.8 Å². The molecule has 0 unspecified atom stereocenters. The zero-order chi connectivity index (χ0) is 12.1. The lowest BCUT2D eigenvalue weighted by Gasteiger charge is -2.26. The first-order chi connectivity index (χ1) is 6.82. The monoisotopic (exact) mass is 216 g/mol. The minimum absolute atomic E-state index is 0.0943. The van der Waals surface area contributed by atoms with E-state index in [1.54, 1.807) is 0 Å². The Labute approximate surface area is 92.8 Å². The quantitative estimate of drug-likeness (QED) is 0.718. The van der Waals surface area contributed by atoms with Crippen LogP contribution in [0.2, 0.25) is 0 Å². The Morgan fingerprint density at radius 2 is 1.93 bits per heavy atom. The molecule has 3 heteroatoms. The summed E-state index contributed by atoms with van der Waals surface area (Å²) >= 11 is 0. The van der Waals surface area contributed by atoms with Gasteiger partial charge in [-0.05, 0) is 33.1 Å². The van der Waals surface area contributed by atoms with Crippen LogP contribution in [-0.2, 0) is 9.53 Å². The van der Waals surface area contributed by atoms with Gasteiger partial charge in [-0.15, -0.1) is 0 Å². The number of rotatable bonds is 5. The Kier molecular flexibility index (Phi) is 5.88. The summed E-state index contributed by atoms with van der Waals surface area (Å²) in [6, 6.07) is 0. The van der Waals surface area contributed by atoms with E-state index in [0.29, 0.717) is 0 Å². The molecule has 0 saturated heterocycles. The van der Waals surface area contributed by atoms with E-state index in [2.05, 4.69) is 6.92 Å². The van der Waals surface area contributed by atoms with Crippen LogP contribution in [0.4, 0.5) is 0 Å². The molecule has 2 atom stereocenters. The van der Waals surface area contributed by atoms with E-state index in [9.17, 15) is 4.79 Å². The number of esters is 1. The van der Waals surface area contributed by atoms with Gasteiger partial charge < -0.3 is 9.84 Å². The first-order valence-corrected chi connectivity index (χ1v) is 5.64. The zero-order valence-electron chi connectivity index (χ0n) is 10.5. The van der Waals surface area contributed by atoms with Crippen molar-refractivity contribution in [3.63, 3.8) is 0 Å². The fourth-order valence-electron chi connectivity index (χ4n) is 1.29. The molecule has 0 saturated carbocycles. The van der Waals surface area contributed by atoms with Crippen LogP contribution in [0.25, 0.3) is 0 Å². The van der Waals surface area contributed by atoms with Gasteiger partial charge in [0.1, 0.15) is 6.10 Å². The molecule has 0 aliphatic carbocycles. The summed E-state index contributed by atoms with van der Waals surface area (Å²) in [6.45, 7) is 9.43. The summed E-state index contributed by atoms with van der Waals surface area (Å²) in [5, 5.41) is 9.16. The van der Waals surface area contributed by atoms with Crippen molar-refractivity contribution < 1.29 is 14.6 Å². The molecule has 0 amide bonds. The van der Waals surface area contributed by atoms with E-state index in [-0.39, 0.29) is 24.6 Å². The smallest absolute Gasteiger partial charge is 0.311 e. The van der Waals surface area contributed by atoms with E-state index in [1.165, 1.54) is 0 Å². The Bertz CT molecular complexity index is 194. The maximum atomic E-state index is 11.6. The average Bonchev–Trinajstić information content (AvgIpc) is 2.12. The second-order valence-electron chi connectivity index (χ2n) is 5.14. The standard InChI is InChI=1S/C12H24O3/c1-6-7-9(2)10(8-13)15-11(14)12(3,4)5/h9-10,13H,6-8H2,1-5H3/t9-,10-/m0/s1. The molecule has 0 spiro atoms. The molecule has 0 bridgehead atoms. The summed E-state index contributed by atoms with van der Waals surface area (Å²) < 4.78 is 5.29. The molecule has 1 N–H and O–H groups in total. The van der Waals surface area contributed by atoms with Gasteiger partial charge in [0.15, 0.2) is 0 Å². The summed E-state index contributed by atoms with van der Waals surface area (Å²) in [6.07, 6.45) is 1.63. The Hall–Kier alpha value is -0.570. The highest BCUT2D eigenvalue weighted by Gasteiger charge is 2.28. The van der Waals surface area contributed by atoms with E-state index < -0.39 is 5.41 Å². The van der Waals surface area contributed by atoms with Crippen LogP contribution in [0, 0.1) is 11.3 Å². The topological polar surface area (TPSA) is 46.5 Å². The highest BCUT2D eigenvalue weighted by molar-refractivity contribution is 5.75. The Morgan fingerprint density at radius 1 is 1.40 bits per heavy atom. The molecule has 90 valence electrons. The third kappa shape index (κ3) is 5.17. The summed E-state index contributed by atoms with van der Waals surface area (Å²) in [5.74, 6) is -0.0317. The van der Waals surface area contributed by atoms with Crippen molar-refractivity contribution in [2.24, 2.45) is 11.3 Å². The Balaban J connectivity index is 4.27. The molecule has 0 aromatic carbocycles. The summed E-state index contributed by atoms with van der Waals surface area (Å²) in [4.78, 5) is 11.6. The van der Waals surface area contributed by atoms with E-state index in [1.807, 2.05) is 27.7 Å². The number of aliphatic hydroxyl groups excluding tert-OH is 1. The van der Waals surface area contributed by atoms with Crippen molar-refractivity contribution in [3.05, 3.63) is 0 Å². The third-order valence-electron chi connectivity index (χ3n) is 2.43. The number of carbonyl (C=O) groups is 1. The molecule has 0 aliphatic rings. The SMILES string of the molecule is CCC[C@H](C)[C@H](CO)OC(=O)C(C)(C)C. The molecular weight excluding hydrogens is 192 g/mol. The number of hydrogen-bond acceptors (Lipinski definition) is 3. The van der Waals surface area contributed by atoms with Crippen molar-refractivity contribution in [3.8, 4) is 0 Å². The number of aliphatic hydroxyl groups is 1. The van der Waals surface area contributed by atoms with Gasteiger partial charge in [-0.1, -0.05) is 20.3 Å². The Morgan fingerprint density at radius 3 is 2.27 bits per heavy atom. The lowest BCUT2D eigenvalue weighted by molar-refractivity contribution is -0.163. The number of carbonyl (C=O) groups excluding carboxylic acids is 1. The van der Waals surface area contributed by atoms with Gasteiger partial charge in [-0.2, -0.15) is 0 Å². The largest absolute Gasteiger partial charge is 0.459 e. The first kappa shape index (κ1) is 14.4. The van der Waals surface area contributed by atoms with Crippen LogP contribution >= 0.6 is 0 Å². The van der Waals surface area contributed by atoms with Crippen LogP contribution in [0.1, 0.15) is 47.5 Å². The molecule has 0 heterocycles. The lowest BCUT2D eigenvalue weighted by Crippen LogP contribution is -2.34. The van der Waals surface area contributed by atoms with Crippen molar-refractivity contribution in [2.75, 3.05) is 6.61 Å². The van der Waals surface area contributed by atoms with E-state index in [4.69, 9.17) is 9.84 Å². The average molecular weight is 216 g/mol. The maximum absolute atomic E-state index is 11.6. The lowest BCUT2D eigenvalue weighted by atomic mass is 9.96. The predicted molar refractivity (Wildman–Crippen MR) is 60.5 cm³/mol. The fourth-order valence-corrected chi connectivity index (χ4v) is 1.29. The van der Waals surface area contributed by atoms with Gasteiger partial charge in [0, 0.05) is 0 Å². The first-order valence-electron chi connectivity index (χ1n) is 5.64. The van der Waals surface area contributed by atoms with Gasteiger partial charge in [0.25, 0.3) is 0 Å². The van der Waals surface area contributed by atoms with Crippen molar-refractivity contribution in [2.45, 2.75) is 53.6 Å². The molecule has 0 fully saturated rings. The van der Waals surface area contributed by atoms with E-state index in [0.717, 1.165) is 12.8 Å². The van der Waals surface area contributed by atoms with Crippen LogP contribution in [0.5, 0.6) is 0 Å².